The maximum atomic E-state index is 5.36. The molecule has 0 saturated heterocycles. The molecule has 22 heavy (non-hydrogen) atoms. The number of hydrogen-bond acceptors (Lipinski definition) is 6. The second-order valence-corrected chi connectivity index (χ2v) is 4.73. The van der Waals surface area contributed by atoms with Gasteiger partial charge in [-0.3, -0.25) is 4.40 Å². The highest BCUT2D eigenvalue weighted by atomic mass is 16.5. The number of nitrogens with zero attached hydrogens (tertiary/aromatic N) is 4. The van der Waals surface area contributed by atoms with E-state index in [2.05, 4.69) is 31.9 Å². The van der Waals surface area contributed by atoms with Gasteiger partial charge in [-0.15, -0.1) is 10.2 Å². The average molecular weight is 298 g/mol. The Morgan fingerprint density at radius 2 is 2.09 bits per heavy atom. The molecule has 0 atom stereocenters. The first-order valence-electron chi connectivity index (χ1n) is 7.06. The summed E-state index contributed by atoms with van der Waals surface area (Å²) in [7, 11) is 3.50. The average Bonchev–Trinajstić information content (AvgIpc) is 2.99. The van der Waals surface area contributed by atoms with Crippen molar-refractivity contribution in [3.8, 4) is 5.75 Å². The van der Waals surface area contributed by atoms with Gasteiger partial charge in [-0.25, -0.2) is 4.98 Å². The Bertz CT molecular complexity index is 770. The van der Waals surface area contributed by atoms with Crippen LogP contribution < -0.4 is 15.4 Å². The maximum Gasteiger partial charge on any atom is 0.228 e. The minimum Gasteiger partial charge on any atom is -0.496 e. The van der Waals surface area contributed by atoms with E-state index in [0.717, 1.165) is 24.3 Å². The molecular formula is C15H18N6O. The predicted molar refractivity (Wildman–Crippen MR) is 85.5 cm³/mol. The van der Waals surface area contributed by atoms with Crippen molar-refractivity contribution in [1.82, 2.24) is 19.6 Å². The molecule has 0 radical (unpaired) electrons. The normalized spacial score (nSPS) is 10.6. The summed E-state index contributed by atoms with van der Waals surface area (Å²) in [5.74, 6) is 2.30. The van der Waals surface area contributed by atoms with E-state index in [0.29, 0.717) is 17.4 Å². The molecule has 0 amide bonds. The summed E-state index contributed by atoms with van der Waals surface area (Å²) in [6.07, 6.45) is 4.38. The van der Waals surface area contributed by atoms with E-state index >= 15 is 0 Å². The van der Waals surface area contributed by atoms with Crippen LogP contribution in [0.15, 0.2) is 36.7 Å². The van der Waals surface area contributed by atoms with E-state index in [1.54, 1.807) is 13.3 Å². The molecule has 1 aromatic carbocycles. The Balaban J connectivity index is 1.73. The Hall–Kier alpha value is -2.83. The highest BCUT2D eigenvalue weighted by Gasteiger charge is 2.09. The Morgan fingerprint density at radius 3 is 2.91 bits per heavy atom. The zero-order valence-corrected chi connectivity index (χ0v) is 12.6. The first-order chi connectivity index (χ1) is 10.8. The lowest BCUT2D eigenvalue weighted by Crippen LogP contribution is -2.08. The first kappa shape index (κ1) is 14.1. The number of fused-ring (bicyclic) bond motifs is 1. The minimum absolute atomic E-state index is 0.685. The molecule has 0 aliphatic rings. The van der Waals surface area contributed by atoms with E-state index in [1.165, 1.54) is 0 Å². The Labute approximate surface area is 128 Å². The van der Waals surface area contributed by atoms with Gasteiger partial charge in [-0.2, -0.15) is 0 Å². The highest BCUT2D eigenvalue weighted by molar-refractivity contribution is 5.64. The van der Waals surface area contributed by atoms with Crippen LogP contribution in [0.3, 0.4) is 0 Å². The number of ether oxygens (including phenoxy) is 1. The second kappa shape index (κ2) is 6.30. The van der Waals surface area contributed by atoms with Crippen molar-refractivity contribution in [3.05, 3.63) is 42.2 Å². The third-order valence-corrected chi connectivity index (χ3v) is 3.43. The predicted octanol–water partition coefficient (Wildman–Crippen LogP) is 1.83. The monoisotopic (exact) mass is 298 g/mol. The van der Waals surface area contributed by atoms with Gasteiger partial charge in [0.15, 0.2) is 5.82 Å². The van der Waals surface area contributed by atoms with Gasteiger partial charge in [0.1, 0.15) is 5.75 Å². The maximum absolute atomic E-state index is 5.36. The summed E-state index contributed by atoms with van der Waals surface area (Å²) in [6, 6.07) is 8.00. The Kier molecular flexibility index (Phi) is 4.04. The lowest BCUT2D eigenvalue weighted by atomic mass is 10.1. The van der Waals surface area contributed by atoms with Gasteiger partial charge in [0.05, 0.1) is 7.11 Å². The van der Waals surface area contributed by atoms with Crippen molar-refractivity contribution >= 4 is 17.4 Å². The van der Waals surface area contributed by atoms with Crippen molar-refractivity contribution < 1.29 is 4.74 Å². The number of para-hydroxylation sites is 1. The molecule has 0 saturated carbocycles. The summed E-state index contributed by atoms with van der Waals surface area (Å²) in [5, 5.41) is 14.5. The number of benzene rings is 1. The van der Waals surface area contributed by atoms with E-state index in [1.807, 2.05) is 35.8 Å². The number of rotatable bonds is 6. The topological polar surface area (TPSA) is 76.4 Å². The number of hydrogen-bond donors (Lipinski definition) is 2. The van der Waals surface area contributed by atoms with Crippen molar-refractivity contribution in [1.29, 1.82) is 0 Å². The van der Waals surface area contributed by atoms with Crippen LogP contribution in [0.25, 0.3) is 5.65 Å². The molecule has 0 unspecified atom stereocenters. The summed E-state index contributed by atoms with van der Waals surface area (Å²) >= 11 is 0. The van der Waals surface area contributed by atoms with Gasteiger partial charge >= 0.3 is 0 Å². The zero-order valence-electron chi connectivity index (χ0n) is 12.6. The molecule has 0 fully saturated rings. The quantitative estimate of drug-likeness (QED) is 0.723. The van der Waals surface area contributed by atoms with Crippen molar-refractivity contribution in [2.24, 2.45) is 0 Å². The van der Waals surface area contributed by atoms with Gasteiger partial charge in [0.25, 0.3) is 0 Å². The van der Waals surface area contributed by atoms with Crippen LogP contribution in [-0.2, 0) is 6.42 Å². The van der Waals surface area contributed by atoms with Gasteiger partial charge < -0.3 is 15.4 Å². The molecule has 7 heteroatoms. The highest BCUT2D eigenvalue weighted by Crippen LogP contribution is 2.19. The molecule has 114 valence electrons. The third kappa shape index (κ3) is 2.65. The van der Waals surface area contributed by atoms with Crippen LogP contribution in [0.1, 0.15) is 5.56 Å². The first-order valence-corrected chi connectivity index (χ1v) is 7.06. The van der Waals surface area contributed by atoms with Gasteiger partial charge in [-0.05, 0) is 18.1 Å². The smallest absolute Gasteiger partial charge is 0.228 e. The lowest BCUT2D eigenvalue weighted by Gasteiger charge is -2.09. The fourth-order valence-electron chi connectivity index (χ4n) is 2.35. The molecule has 0 spiro atoms. The fraction of sp³-hybridized carbons (Fsp3) is 0.267. The van der Waals surface area contributed by atoms with Gasteiger partial charge in [-0.1, -0.05) is 18.2 Å². The fourth-order valence-corrected chi connectivity index (χ4v) is 2.35. The zero-order chi connectivity index (χ0) is 15.4. The van der Waals surface area contributed by atoms with E-state index in [-0.39, 0.29) is 0 Å². The van der Waals surface area contributed by atoms with Crippen LogP contribution in [0.5, 0.6) is 5.75 Å². The third-order valence-electron chi connectivity index (χ3n) is 3.43. The van der Waals surface area contributed by atoms with Crippen molar-refractivity contribution in [2.45, 2.75) is 6.42 Å². The van der Waals surface area contributed by atoms with Crippen molar-refractivity contribution in [2.75, 3.05) is 31.3 Å². The SMILES string of the molecule is CNc1nnc2c(NCCc3ccccc3OC)nccn12. The van der Waals surface area contributed by atoms with E-state index < -0.39 is 0 Å². The largest absolute Gasteiger partial charge is 0.496 e. The summed E-state index contributed by atoms with van der Waals surface area (Å²) in [5.41, 5.74) is 1.86. The summed E-state index contributed by atoms with van der Waals surface area (Å²) in [6.45, 7) is 0.731. The number of methoxy groups -OCH3 is 1. The minimum atomic E-state index is 0.685. The van der Waals surface area contributed by atoms with Crippen molar-refractivity contribution in [3.63, 3.8) is 0 Å². The Morgan fingerprint density at radius 1 is 1.23 bits per heavy atom. The van der Waals surface area contributed by atoms with Crippen LogP contribution >= 0.6 is 0 Å². The molecule has 3 rings (SSSR count). The molecule has 7 nitrogen and oxygen atoms in total. The number of aromatic nitrogens is 4. The van der Waals surface area contributed by atoms with Crippen LogP contribution in [0.2, 0.25) is 0 Å². The standard InChI is InChI=1S/C15H18N6O/c1-16-15-20-19-14-13(18-9-10-21(14)15)17-8-7-11-5-3-4-6-12(11)22-2/h3-6,9-10H,7-8H2,1-2H3,(H,16,20)(H,17,18). The second-order valence-electron chi connectivity index (χ2n) is 4.73. The molecule has 0 aliphatic carbocycles. The number of nitrogens with one attached hydrogen (secondary N) is 2. The molecule has 0 aliphatic heterocycles. The molecule has 2 N–H and O–H groups in total. The molecule has 0 bridgehead atoms. The number of anilines is 2. The molecule has 2 aromatic heterocycles. The van der Waals surface area contributed by atoms with Crippen LogP contribution in [-0.4, -0.2) is 40.3 Å². The van der Waals surface area contributed by atoms with Gasteiger partial charge in [0.2, 0.25) is 11.6 Å². The summed E-state index contributed by atoms with van der Waals surface area (Å²) < 4.78 is 7.22. The molecular weight excluding hydrogens is 280 g/mol. The lowest BCUT2D eigenvalue weighted by molar-refractivity contribution is 0.410. The van der Waals surface area contributed by atoms with E-state index in [9.17, 15) is 0 Å². The summed E-state index contributed by atoms with van der Waals surface area (Å²) in [4.78, 5) is 4.33. The molecule has 2 heterocycles. The van der Waals surface area contributed by atoms with E-state index in [4.69, 9.17) is 4.74 Å². The van der Waals surface area contributed by atoms with Crippen LogP contribution in [0.4, 0.5) is 11.8 Å². The molecule has 3 aromatic rings. The van der Waals surface area contributed by atoms with Gasteiger partial charge in [0, 0.05) is 26.0 Å². The van der Waals surface area contributed by atoms with Crippen LogP contribution in [0, 0.1) is 0 Å².